The smallest absolute Gasteiger partial charge is 0.359 e. The van der Waals surface area contributed by atoms with E-state index in [1.165, 1.54) is 14.2 Å². The maximum Gasteiger partial charge on any atom is 0.359 e. The summed E-state index contributed by atoms with van der Waals surface area (Å²) >= 11 is 0. The van der Waals surface area contributed by atoms with Gasteiger partial charge in [0.1, 0.15) is 5.30 Å². The molecule has 0 fully saturated rings. The second-order valence-electron chi connectivity index (χ2n) is 4.34. The van der Waals surface area contributed by atoms with Crippen LogP contribution in [0.1, 0.15) is 20.6 Å². The molecule has 0 amide bonds. The number of ether oxygens (including phenoxy) is 2. The SMILES string of the molecule is COC(=O)c1nn([Si](C)(C)C)pc1C(=O)OC. The first-order valence-electron chi connectivity index (χ1n) is 4.95. The monoisotopic (exact) mass is 274 g/mol. The van der Waals surface area contributed by atoms with Crippen LogP contribution in [0, 0.1) is 0 Å². The second-order valence-corrected chi connectivity index (χ2v) is 10.5. The van der Waals surface area contributed by atoms with Crippen LogP contribution in [0.25, 0.3) is 0 Å². The molecule has 6 nitrogen and oxygen atoms in total. The van der Waals surface area contributed by atoms with Crippen molar-refractivity contribution in [2.75, 3.05) is 14.2 Å². The highest BCUT2D eigenvalue weighted by Gasteiger charge is 2.28. The zero-order valence-electron chi connectivity index (χ0n) is 10.5. The summed E-state index contributed by atoms with van der Waals surface area (Å²) in [5.74, 6) is -1.16. The molecule has 0 aromatic carbocycles. The Hall–Kier alpha value is -1.20. The summed E-state index contributed by atoms with van der Waals surface area (Å²) in [4.78, 5) is 23.1. The Kier molecular flexibility index (Phi) is 4.06. The fourth-order valence-electron chi connectivity index (χ4n) is 1.07. The van der Waals surface area contributed by atoms with Gasteiger partial charge < -0.3 is 9.47 Å². The standard InChI is InChI=1S/C9H15N2O4PSi/c1-14-8(12)6-7(9(13)15-2)16-11(10-6)17(3,4)5/h1-5H3. The van der Waals surface area contributed by atoms with Crippen LogP contribution in [-0.4, -0.2) is 43.6 Å². The van der Waals surface area contributed by atoms with E-state index in [1.807, 2.05) is 0 Å². The van der Waals surface area contributed by atoms with E-state index in [9.17, 15) is 9.59 Å². The molecule has 17 heavy (non-hydrogen) atoms. The van der Waals surface area contributed by atoms with Crippen molar-refractivity contribution in [3.63, 3.8) is 0 Å². The largest absolute Gasteiger partial charge is 0.465 e. The molecule has 0 spiro atoms. The van der Waals surface area contributed by atoms with E-state index in [4.69, 9.17) is 0 Å². The maximum atomic E-state index is 11.6. The minimum absolute atomic E-state index is 0.0449. The van der Waals surface area contributed by atoms with E-state index in [0.717, 1.165) is 0 Å². The topological polar surface area (TPSA) is 70.4 Å². The van der Waals surface area contributed by atoms with Gasteiger partial charge in [-0.15, -0.1) is 0 Å². The highest BCUT2D eigenvalue weighted by atomic mass is 31.0. The van der Waals surface area contributed by atoms with Crippen LogP contribution in [0.5, 0.6) is 0 Å². The zero-order chi connectivity index (χ0) is 13.2. The van der Waals surface area contributed by atoms with Crippen LogP contribution >= 0.6 is 8.35 Å². The third-order valence-electron chi connectivity index (χ3n) is 1.97. The minimum atomic E-state index is -1.73. The second kappa shape index (κ2) is 4.97. The van der Waals surface area contributed by atoms with Crippen LogP contribution in [0.3, 0.4) is 0 Å². The predicted octanol–water partition coefficient (Wildman–Crippen LogP) is 1.72. The summed E-state index contributed by atoms with van der Waals surface area (Å²) in [7, 11) is 1.39. The molecule has 0 saturated carbocycles. The number of aromatic nitrogens is 2. The molecule has 1 heterocycles. The third-order valence-corrected chi connectivity index (χ3v) is 6.24. The third kappa shape index (κ3) is 2.92. The number of esters is 2. The molecule has 0 radical (unpaired) electrons. The van der Waals surface area contributed by atoms with Gasteiger partial charge in [-0.3, -0.25) is 4.11 Å². The van der Waals surface area contributed by atoms with Crippen molar-refractivity contribution in [2.24, 2.45) is 0 Å². The fourth-order valence-corrected chi connectivity index (χ4v) is 3.70. The van der Waals surface area contributed by atoms with Gasteiger partial charge in [0.15, 0.2) is 13.9 Å². The average Bonchev–Trinajstić information content (AvgIpc) is 2.71. The Morgan fingerprint density at radius 3 is 2.12 bits per heavy atom. The van der Waals surface area contributed by atoms with Gasteiger partial charge in [0.05, 0.1) is 14.2 Å². The van der Waals surface area contributed by atoms with Gasteiger partial charge in [-0.1, -0.05) is 0 Å². The van der Waals surface area contributed by atoms with E-state index in [1.54, 1.807) is 4.11 Å². The van der Waals surface area contributed by atoms with E-state index >= 15 is 0 Å². The van der Waals surface area contributed by atoms with Gasteiger partial charge in [0.25, 0.3) is 0 Å². The molecular weight excluding hydrogens is 259 g/mol. The normalized spacial score (nSPS) is 11.6. The van der Waals surface area contributed by atoms with Crippen LogP contribution in [-0.2, 0) is 9.47 Å². The summed E-state index contributed by atoms with van der Waals surface area (Å²) < 4.78 is 11.0. The Bertz CT molecular complexity index is 419. The summed E-state index contributed by atoms with van der Waals surface area (Å²) in [6.07, 6.45) is 0. The molecule has 0 aliphatic carbocycles. The van der Waals surface area contributed by atoms with E-state index < -0.39 is 20.2 Å². The first kappa shape index (κ1) is 13.9. The summed E-state index contributed by atoms with van der Waals surface area (Å²) in [5, 5.41) is 4.41. The van der Waals surface area contributed by atoms with Crippen LogP contribution in [0.2, 0.25) is 19.6 Å². The fraction of sp³-hybridized carbons (Fsp3) is 0.556. The van der Waals surface area contributed by atoms with Gasteiger partial charge in [-0.25, -0.2) is 9.59 Å². The molecule has 0 aliphatic heterocycles. The summed E-state index contributed by atoms with van der Waals surface area (Å²) in [6, 6.07) is 0. The molecule has 8 heteroatoms. The molecular formula is C9H15N2O4PSi. The lowest BCUT2D eigenvalue weighted by atomic mass is 10.4. The molecule has 1 rings (SSSR count). The molecule has 0 saturated heterocycles. The van der Waals surface area contributed by atoms with Crippen LogP contribution in [0.4, 0.5) is 0 Å². The average molecular weight is 274 g/mol. The van der Waals surface area contributed by atoms with Gasteiger partial charge in [0, 0.05) is 8.35 Å². The first-order chi connectivity index (χ1) is 7.81. The lowest BCUT2D eigenvalue weighted by Gasteiger charge is -2.14. The van der Waals surface area contributed by atoms with E-state index in [0.29, 0.717) is 8.35 Å². The Morgan fingerprint density at radius 1 is 1.18 bits per heavy atom. The highest BCUT2D eigenvalue weighted by molar-refractivity contribution is 7.31. The van der Waals surface area contributed by atoms with Gasteiger partial charge in [-0.05, 0) is 19.6 Å². The molecule has 0 aliphatic rings. The van der Waals surface area contributed by atoms with Gasteiger partial charge >= 0.3 is 11.9 Å². The van der Waals surface area contributed by atoms with Crippen molar-refractivity contribution < 1.29 is 19.1 Å². The van der Waals surface area contributed by atoms with Gasteiger partial charge in [0.2, 0.25) is 0 Å². The maximum absolute atomic E-state index is 11.6. The zero-order valence-corrected chi connectivity index (χ0v) is 12.4. The molecule has 0 N–H and O–H groups in total. The minimum Gasteiger partial charge on any atom is -0.465 e. The summed E-state index contributed by atoms with van der Waals surface area (Å²) in [5.41, 5.74) is 0.0449. The lowest BCUT2D eigenvalue weighted by molar-refractivity contribution is 0.0554. The number of methoxy groups -OCH3 is 2. The van der Waals surface area contributed by atoms with Crippen molar-refractivity contribution in [2.45, 2.75) is 19.6 Å². The number of nitrogens with zero attached hydrogens (tertiary/aromatic N) is 2. The molecule has 94 valence electrons. The van der Waals surface area contributed by atoms with Crippen molar-refractivity contribution in [1.29, 1.82) is 0 Å². The highest BCUT2D eigenvalue weighted by Crippen LogP contribution is 2.24. The molecule has 0 atom stereocenters. The first-order valence-corrected chi connectivity index (χ1v) is 9.25. The number of hydrogen-bond acceptors (Lipinski definition) is 5. The van der Waals surface area contributed by atoms with Crippen molar-refractivity contribution in [3.05, 3.63) is 11.0 Å². The van der Waals surface area contributed by atoms with Crippen molar-refractivity contribution in [1.82, 2.24) is 9.21 Å². The van der Waals surface area contributed by atoms with Crippen LogP contribution in [0.15, 0.2) is 0 Å². The quantitative estimate of drug-likeness (QED) is 0.620. The number of carbonyl (C=O) groups is 2. The number of rotatable bonds is 3. The lowest BCUT2D eigenvalue weighted by Crippen LogP contribution is -2.31. The molecule has 1 aromatic rings. The Morgan fingerprint density at radius 2 is 1.71 bits per heavy atom. The number of hydrogen-bond donors (Lipinski definition) is 0. The predicted molar refractivity (Wildman–Crippen MR) is 66.2 cm³/mol. The van der Waals surface area contributed by atoms with Crippen molar-refractivity contribution in [3.8, 4) is 0 Å². The Labute approximate surface area is 102 Å². The van der Waals surface area contributed by atoms with Crippen molar-refractivity contribution >= 4 is 28.5 Å². The molecule has 1 aromatic heterocycles. The summed E-state index contributed by atoms with van der Waals surface area (Å²) in [6.45, 7) is 6.20. The van der Waals surface area contributed by atoms with Crippen LogP contribution < -0.4 is 0 Å². The number of carbonyl (C=O) groups excluding carboxylic acids is 2. The van der Waals surface area contributed by atoms with Gasteiger partial charge in [-0.2, -0.15) is 5.10 Å². The Balaban J connectivity index is 3.31. The molecule has 0 bridgehead atoms. The van der Waals surface area contributed by atoms with E-state index in [2.05, 4.69) is 34.2 Å². The molecule has 0 unspecified atom stereocenters. The van der Waals surface area contributed by atoms with E-state index in [-0.39, 0.29) is 11.0 Å².